The van der Waals surface area contributed by atoms with Crippen LogP contribution in [0.25, 0.3) is 6.08 Å². The molecule has 4 heteroatoms. The van der Waals surface area contributed by atoms with E-state index >= 15 is 0 Å². The summed E-state index contributed by atoms with van der Waals surface area (Å²) in [4.78, 5) is 0. The lowest BCUT2D eigenvalue weighted by molar-refractivity contribution is 1.46. The number of nitriles is 1. The van der Waals surface area contributed by atoms with Crippen molar-refractivity contribution in [3.63, 3.8) is 0 Å². The zero-order valence-electron chi connectivity index (χ0n) is 9.82. The quantitative estimate of drug-likeness (QED) is 0.884. The largest absolute Gasteiger partial charge is 0.362 e. The van der Waals surface area contributed by atoms with E-state index in [1.807, 2.05) is 12.1 Å². The third-order valence-corrected chi connectivity index (χ3v) is 2.88. The fraction of sp³-hybridized carbons (Fsp3) is 0. The zero-order valence-corrected chi connectivity index (χ0v) is 11.3. The molecule has 0 aliphatic rings. The van der Waals surface area contributed by atoms with Gasteiger partial charge in [0.2, 0.25) is 0 Å². The Balaban J connectivity index is 2.11. The van der Waals surface area contributed by atoms with Gasteiger partial charge in [-0.3, -0.25) is 0 Å². The van der Waals surface area contributed by atoms with Gasteiger partial charge in [-0.2, -0.15) is 5.26 Å². The van der Waals surface area contributed by atoms with Crippen LogP contribution in [-0.4, -0.2) is 0 Å². The Morgan fingerprint density at radius 1 is 1.11 bits per heavy atom. The molecule has 0 aliphatic heterocycles. The summed E-state index contributed by atoms with van der Waals surface area (Å²) >= 11 is 11.6. The van der Waals surface area contributed by atoms with Crippen LogP contribution in [-0.2, 0) is 0 Å². The summed E-state index contributed by atoms with van der Waals surface area (Å²) in [7, 11) is 0. The summed E-state index contributed by atoms with van der Waals surface area (Å²) < 4.78 is 0. The molecule has 0 fully saturated rings. The average molecular weight is 288 g/mol. The van der Waals surface area contributed by atoms with Crippen molar-refractivity contribution in [2.75, 3.05) is 5.32 Å². The van der Waals surface area contributed by atoms with Crippen molar-refractivity contribution < 1.29 is 0 Å². The molecule has 0 heterocycles. The summed E-state index contributed by atoms with van der Waals surface area (Å²) in [5, 5.41) is 13.2. The molecule has 0 saturated heterocycles. The highest BCUT2D eigenvalue weighted by atomic mass is 35.5. The van der Waals surface area contributed by atoms with Gasteiger partial charge in [-0.1, -0.05) is 29.3 Å². The number of hydrogen-bond donors (Lipinski definition) is 1. The first kappa shape index (κ1) is 13.5. The van der Waals surface area contributed by atoms with Gasteiger partial charge in [0.1, 0.15) is 6.07 Å². The molecule has 0 unspecified atom stereocenters. The second kappa shape index (κ2) is 6.29. The highest BCUT2D eigenvalue weighted by Gasteiger charge is 1.99. The molecule has 0 spiro atoms. The van der Waals surface area contributed by atoms with Gasteiger partial charge >= 0.3 is 0 Å². The lowest BCUT2D eigenvalue weighted by atomic mass is 10.1. The molecular formula is C15H9Cl2N2. The molecule has 0 atom stereocenters. The fourth-order valence-corrected chi connectivity index (χ4v) is 1.77. The standard InChI is InChI=1S/C15H9Cl2N2/c16-13-3-5-15(6-4-13)19-8-7-11-1-2-14(17)9-12(11)10-18/h1-8,19H. The van der Waals surface area contributed by atoms with Crippen molar-refractivity contribution in [2.24, 2.45) is 0 Å². The molecule has 2 rings (SSSR count). The number of benzene rings is 2. The molecule has 1 N–H and O–H groups in total. The molecule has 0 saturated carbocycles. The lowest BCUT2D eigenvalue weighted by Crippen LogP contribution is -1.88. The molecule has 0 aromatic heterocycles. The van der Waals surface area contributed by atoms with E-state index in [0.717, 1.165) is 11.3 Å². The van der Waals surface area contributed by atoms with Crippen molar-refractivity contribution in [2.45, 2.75) is 0 Å². The normalized spacial score (nSPS) is 10.4. The van der Waals surface area contributed by atoms with E-state index in [-0.39, 0.29) is 0 Å². The van der Waals surface area contributed by atoms with Crippen LogP contribution in [0.3, 0.4) is 0 Å². The van der Waals surface area contributed by atoms with E-state index in [1.54, 1.807) is 36.5 Å². The summed E-state index contributed by atoms with van der Waals surface area (Å²) in [5.74, 6) is 0. The van der Waals surface area contributed by atoms with Crippen molar-refractivity contribution in [1.82, 2.24) is 0 Å². The monoisotopic (exact) mass is 287 g/mol. The Labute approximate surface area is 121 Å². The highest BCUT2D eigenvalue weighted by Crippen LogP contribution is 2.17. The lowest BCUT2D eigenvalue weighted by Gasteiger charge is -2.01. The van der Waals surface area contributed by atoms with Crippen LogP contribution in [0.2, 0.25) is 10.0 Å². The van der Waals surface area contributed by atoms with E-state index in [9.17, 15) is 0 Å². The minimum Gasteiger partial charge on any atom is -0.362 e. The van der Waals surface area contributed by atoms with Crippen LogP contribution in [0, 0.1) is 17.4 Å². The first-order valence-corrected chi connectivity index (χ1v) is 6.25. The Morgan fingerprint density at radius 2 is 1.84 bits per heavy atom. The van der Waals surface area contributed by atoms with Gasteiger partial charge in [0.05, 0.1) is 5.56 Å². The number of anilines is 1. The van der Waals surface area contributed by atoms with Crippen molar-refractivity contribution in [1.29, 1.82) is 5.26 Å². The van der Waals surface area contributed by atoms with Crippen LogP contribution >= 0.6 is 23.2 Å². The first-order chi connectivity index (χ1) is 9.19. The van der Waals surface area contributed by atoms with Gasteiger partial charge in [-0.25, -0.2) is 0 Å². The fourth-order valence-electron chi connectivity index (χ4n) is 1.48. The van der Waals surface area contributed by atoms with Crippen molar-refractivity contribution >= 4 is 35.0 Å². The van der Waals surface area contributed by atoms with E-state index in [1.165, 1.54) is 0 Å². The summed E-state index contributed by atoms with van der Waals surface area (Å²) in [6.07, 6.45) is 3.54. The Hall–Kier alpha value is -1.95. The summed E-state index contributed by atoms with van der Waals surface area (Å²) in [6.45, 7) is 0. The van der Waals surface area contributed by atoms with Gasteiger partial charge < -0.3 is 5.32 Å². The van der Waals surface area contributed by atoms with Crippen molar-refractivity contribution in [3.05, 3.63) is 69.8 Å². The molecule has 0 aliphatic carbocycles. The topological polar surface area (TPSA) is 35.8 Å². The molecular weight excluding hydrogens is 279 g/mol. The molecule has 2 nitrogen and oxygen atoms in total. The number of rotatable bonds is 3. The maximum absolute atomic E-state index is 8.98. The smallest absolute Gasteiger partial charge is 0.100 e. The number of hydrogen-bond acceptors (Lipinski definition) is 2. The van der Waals surface area contributed by atoms with Gasteiger partial charge in [0, 0.05) is 28.0 Å². The molecule has 19 heavy (non-hydrogen) atoms. The van der Waals surface area contributed by atoms with Crippen LogP contribution in [0.4, 0.5) is 5.69 Å². The molecule has 1 radical (unpaired) electrons. The number of nitrogens with one attached hydrogen (secondary N) is 1. The third kappa shape index (κ3) is 3.75. The molecule has 2 aromatic rings. The zero-order chi connectivity index (χ0) is 13.7. The SMILES string of the molecule is N#Cc1[c]c(Cl)ccc1C=CNc1ccc(Cl)cc1. The Kier molecular flexibility index (Phi) is 4.46. The Bertz CT molecular complexity index is 640. The van der Waals surface area contributed by atoms with Gasteiger partial charge in [-0.15, -0.1) is 0 Å². The predicted octanol–water partition coefficient (Wildman–Crippen LogP) is 4.75. The number of halogens is 2. The molecule has 0 amide bonds. The Morgan fingerprint density at radius 3 is 2.53 bits per heavy atom. The minimum atomic E-state index is 0.418. The average Bonchev–Trinajstić information content (AvgIpc) is 2.42. The van der Waals surface area contributed by atoms with E-state index in [4.69, 9.17) is 28.5 Å². The van der Waals surface area contributed by atoms with Gasteiger partial charge in [0.15, 0.2) is 0 Å². The van der Waals surface area contributed by atoms with E-state index in [2.05, 4.69) is 17.5 Å². The summed E-state index contributed by atoms with van der Waals surface area (Å²) in [5.41, 5.74) is 2.09. The van der Waals surface area contributed by atoms with Gasteiger partial charge in [0.25, 0.3) is 0 Å². The maximum atomic E-state index is 8.98. The molecule has 2 aromatic carbocycles. The van der Waals surface area contributed by atoms with Crippen molar-refractivity contribution in [3.8, 4) is 6.07 Å². The summed E-state index contributed by atoms with van der Waals surface area (Å²) in [6, 6.07) is 15.7. The predicted molar refractivity (Wildman–Crippen MR) is 79.1 cm³/mol. The van der Waals surface area contributed by atoms with Crippen LogP contribution in [0.15, 0.2) is 42.6 Å². The van der Waals surface area contributed by atoms with E-state index in [0.29, 0.717) is 15.6 Å². The third-order valence-electron chi connectivity index (χ3n) is 2.41. The minimum absolute atomic E-state index is 0.418. The van der Waals surface area contributed by atoms with E-state index < -0.39 is 0 Å². The van der Waals surface area contributed by atoms with Crippen LogP contribution in [0.5, 0.6) is 0 Å². The first-order valence-electron chi connectivity index (χ1n) is 5.49. The van der Waals surface area contributed by atoms with Crippen LogP contribution < -0.4 is 5.32 Å². The molecule has 0 bridgehead atoms. The van der Waals surface area contributed by atoms with Gasteiger partial charge in [-0.05, 0) is 42.0 Å². The number of nitrogens with zero attached hydrogens (tertiary/aromatic N) is 1. The van der Waals surface area contributed by atoms with Crippen LogP contribution in [0.1, 0.15) is 11.1 Å². The molecule has 93 valence electrons. The maximum Gasteiger partial charge on any atom is 0.100 e. The second-order valence-corrected chi connectivity index (χ2v) is 4.58. The highest BCUT2D eigenvalue weighted by molar-refractivity contribution is 6.30. The second-order valence-electron chi connectivity index (χ2n) is 3.73.